The van der Waals surface area contributed by atoms with Gasteiger partial charge in [0.1, 0.15) is 40.2 Å². The van der Waals surface area contributed by atoms with Gasteiger partial charge >= 0.3 is 5.69 Å². The van der Waals surface area contributed by atoms with Crippen molar-refractivity contribution in [2.45, 2.75) is 51.9 Å². The van der Waals surface area contributed by atoms with Crippen LogP contribution in [0.3, 0.4) is 0 Å². The van der Waals surface area contributed by atoms with E-state index in [9.17, 15) is 38.2 Å². The molecule has 0 saturated carbocycles. The summed E-state index contributed by atoms with van der Waals surface area (Å²) in [4.78, 5) is 53.9. The molecule has 0 radical (unpaired) electrons. The van der Waals surface area contributed by atoms with Crippen LogP contribution in [0.2, 0.25) is 5.02 Å². The van der Waals surface area contributed by atoms with Crippen LogP contribution in [-0.4, -0.2) is 47.3 Å². The molecule has 41 heavy (non-hydrogen) atoms. The number of nitrogens with one attached hydrogen (secondary N) is 1. The van der Waals surface area contributed by atoms with Crippen LogP contribution < -0.4 is 16.0 Å². The van der Waals surface area contributed by atoms with Gasteiger partial charge in [0.15, 0.2) is 0 Å². The zero-order chi connectivity index (χ0) is 30.4. The van der Waals surface area contributed by atoms with Gasteiger partial charge in [-0.1, -0.05) is 17.7 Å². The van der Waals surface area contributed by atoms with E-state index >= 15 is 0 Å². The number of aromatic amines is 1. The van der Waals surface area contributed by atoms with E-state index in [2.05, 4.69) is 4.98 Å². The molecule has 3 N–H and O–H groups in total. The minimum Gasteiger partial charge on any atom is -0.487 e. The number of hydrogen-bond donors (Lipinski definition) is 3. The van der Waals surface area contributed by atoms with Gasteiger partial charge in [0, 0.05) is 29.8 Å². The van der Waals surface area contributed by atoms with Crippen LogP contribution in [0.1, 0.15) is 54.0 Å². The Bertz CT molecular complexity index is 1810. The molecule has 0 atom stereocenters. The molecular weight excluding hydrogens is 564 g/mol. The highest BCUT2D eigenvalue weighted by Gasteiger charge is 2.35. The number of benzene rings is 2. The molecule has 10 nitrogen and oxygen atoms in total. The predicted molar refractivity (Wildman–Crippen MR) is 146 cm³/mol. The standard InChI is InChI=1S/C28H26ClF2N3O7/c1-27(2,39)24(36)33-19-8-5-14(10-20(19)34(26(33)38)25(37)28(3,4)40)9-16-12-32-23(35)21(29)22(16)41-13-15-6-7-17(30)11-18(15)31/h5-8,10-12,39-40H,9,13H2,1-4H3,(H,32,35). The van der Waals surface area contributed by atoms with Crippen molar-refractivity contribution >= 4 is 34.4 Å². The smallest absolute Gasteiger partial charge is 0.343 e. The van der Waals surface area contributed by atoms with E-state index in [1.165, 1.54) is 58.2 Å². The summed E-state index contributed by atoms with van der Waals surface area (Å²) in [5.41, 5.74) is -4.89. The maximum Gasteiger partial charge on any atom is 0.343 e. The first kappa shape index (κ1) is 29.8. The zero-order valence-corrected chi connectivity index (χ0v) is 23.2. The summed E-state index contributed by atoms with van der Waals surface area (Å²) in [5, 5.41) is 20.3. The Kier molecular flexibility index (Phi) is 7.78. The lowest BCUT2D eigenvalue weighted by Crippen LogP contribution is -2.45. The minimum atomic E-state index is -1.99. The van der Waals surface area contributed by atoms with Gasteiger partial charge < -0.3 is 19.9 Å². The Morgan fingerprint density at radius 3 is 2.12 bits per heavy atom. The largest absolute Gasteiger partial charge is 0.487 e. The summed E-state index contributed by atoms with van der Waals surface area (Å²) in [7, 11) is 0. The van der Waals surface area contributed by atoms with E-state index in [0.29, 0.717) is 26.3 Å². The lowest BCUT2D eigenvalue weighted by Gasteiger charge is -2.16. The molecule has 0 fully saturated rings. The summed E-state index contributed by atoms with van der Waals surface area (Å²) in [6, 6.07) is 7.30. The third kappa shape index (κ3) is 5.85. The third-order valence-electron chi connectivity index (χ3n) is 6.21. The first-order valence-electron chi connectivity index (χ1n) is 12.3. The molecule has 4 rings (SSSR count). The second-order valence-electron chi connectivity index (χ2n) is 10.5. The number of imidazole rings is 1. The first-order valence-corrected chi connectivity index (χ1v) is 12.7. The molecule has 2 aromatic heterocycles. The average molecular weight is 590 g/mol. The Hall–Kier alpha value is -4.13. The number of hydrogen-bond acceptors (Lipinski definition) is 7. The molecular formula is C28H26ClF2N3O7. The Labute approximate surface area is 236 Å². The van der Waals surface area contributed by atoms with E-state index in [-0.39, 0.29) is 40.4 Å². The van der Waals surface area contributed by atoms with Gasteiger partial charge in [-0.2, -0.15) is 0 Å². The van der Waals surface area contributed by atoms with Gasteiger partial charge in [-0.15, -0.1) is 0 Å². The normalized spacial score (nSPS) is 12.1. The third-order valence-corrected chi connectivity index (χ3v) is 6.55. The van der Waals surface area contributed by atoms with E-state index < -0.39 is 45.9 Å². The molecule has 0 bridgehead atoms. The first-order chi connectivity index (χ1) is 19.0. The number of rotatable bonds is 7. The molecule has 0 aliphatic carbocycles. The van der Waals surface area contributed by atoms with Crippen LogP contribution in [0.5, 0.6) is 5.75 Å². The highest BCUT2D eigenvalue weighted by Crippen LogP contribution is 2.29. The van der Waals surface area contributed by atoms with Crippen LogP contribution in [0.4, 0.5) is 8.78 Å². The summed E-state index contributed by atoms with van der Waals surface area (Å²) in [5.74, 6) is -3.68. The lowest BCUT2D eigenvalue weighted by atomic mass is 10.0. The van der Waals surface area contributed by atoms with Gasteiger partial charge in [0.2, 0.25) is 0 Å². The number of ether oxygens (including phenoxy) is 1. The topological polar surface area (TPSA) is 144 Å². The van der Waals surface area contributed by atoms with Crippen LogP contribution in [0.25, 0.3) is 11.0 Å². The Balaban J connectivity index is 1.81. The highest BCUT2D eigenvalue weighted by atomic mass is 35.5. The van der Waals surface area contributed by atoms with Crippen molar-refractivity contribution in [3.8, 4) is 5.75 Å². The van der Waals surface area contributed by atoms with Gasteiger partial charge in [-0.3, -0.25) is 14.4 Å². The van der Waals surface area contributed by atoms with Gasteiger partial charge in [0.05, 0.1) is 11.0 Å². The number of nitrogens with zero attached hydrogens (tertiary/aromatic N) is 2. The molecule has 2 aromatic carbocycles. The summed E-state index contributed by atoms with van der Waals surface area (Å²) >= 11 is 6.20. The van der Waals surface area contributed by atoms with E-state index in [0.717, 1.165) is 6.07 Å². The van der Waals surface area contributed by atoms with Gasteiger partial charge in [-0.25, -0.2) is 22.7 Å². The van der Waals surface area contributed by atoms with Crippen LogP contribution in [0.15, 0.2) is 52.2 Å². The number of carbonyl (C=O) groups is 2. The molecule has 13 heteroatoms. The van der Waals surface area contributed by atoms with Crippen molar-refractivity contribution in [1.82, 2.24) is 14.1 Å². The number of aromatic nitrogens is 3. The number of aliphatic hydroxyl groups is 2. The molecule has 0 amide bonds. The Morgan fingerprint density at radius 2 is 1.54 bits per heavy atom. The average Bonchev–Trinajstić information content (AvgIpc) is 3.15. The highest BCUT2D eigenvalue weighted by molar-refractivity contribution is 6.32. The van der Waals surface area contributed by atoms with E-state index in [1.807, 2.05) is 0 Å². The van der Waals surface area contributed by atoms with Crippen molar-refractivity contribution in [2.24, 2.45) is 0 Å². The monoisotopic (exact) mass is 589 g/mol. The molecule has 0 unspecified atom stereocenters. The number of fused-ring (bicyclic) bond motifs is 1. The maximum atomic E-state index is 14.1. The van der Waals surface area contributed by atoms with Crippen molar-refractivity contribution < 1.29 is 33.3 Å². The number of pyridine rings is 1. The number of halogens is 3. The van der Waals surface area contributed by atoms with Gasteiger partial charge in [0.25, 0.3) is 17.4 Å². The molecule has 216 valence electrons. The fourth-order valence-corrected chi connectivity index (χ4v) is 4.35. The number of H-pyrrole nitrogens is 1. The second-order valence-corrected chi connectivity index (χ2v) is 10.9. The van der Waals surface area contributed by atoms with Crippen LogP contribution in [0, 0.1) is 11.6 Å². The summed E-state index contributed by atoms with van der Waals surface area (Å²) < 4.78 is 34.4. The van der Waals surface area contributed by atoms with Crippen molar-refractivity contribution in [3.63, 3.8) is 0 Å². The molecule has 2 heterocycles. The fourth-order valence-electron chi connectivity index (χ4n) is 4.11. The molecule has 0 aliphatic rings. The predicted octanol–water partition coefficient (Wildman–Crippen LogP) is 3.41. The summed E-state index contributed by atoms with van der Waals surface area (Å²) in [6.45, 7) is 4.38. The second kappa shape index (κ2) is 10.7. The zero-order valence-electron chi connectivity index (χ0n) is 22.4. The fraction of sp³-hybridized carbons (Fsp3) is 0.286. The number of carbonyl (C=O) groups excluding carboxylic acids is 2. The maximum absolute atomic E-state index is 14.1. The Morgan fingerprint density at radius 1 is 0.927 bits per heavy atom. The quantitative estimate of drug-likeness (QED) is 0.300. The van der Waals surface area contributed by atoms with Gasteiger partial charge in [-0.05, 0) is 57.5 Å². The molecule has 0 spiro atoms. The van der Waals surface area contributed by atoms with Crippen LogP contribution >= 0.6 is 11.6 Å². The lowest BCUT2D eigenvalue weighted by molar-refractivity contribution is 0.0368. The van der Waals surface area contributed by atoms with E-state index in [1.54, 1.807) is 0 Å². The van der Waals surface area contributed by atoms with Crippen molar-refractivity contribution in [3.05, 3.63) is 96.8 Å². The van der Waals surface area contributed by atoms with Crippen LogP contribution in [-0.2, 0) is 13.0 Å². The van der Waals surface area contributed by atoms with Crippen molar-refractivity contribution in [1.29, 1.82) is 0 Å². The van der Waals surface area contributed by atoms with Crippen molar-refractivity contribution in [2.75, 3.05) is 0 Å². The summed E-state index contributed by atoms with van der Waals surface area (Å²) in [6.07, 6.45) is 1.34. The SMILES string of the molecule is CC(C)(O)C(=O)n1c(=O)n(C(=O)C(C)(C)O)c2cc(Cc3c[nH]c(=O)c(Cl)c3OCc3ccc(F)cc3F)ccc21. The van der Waals surface area contributed by atoms with E-state index in [4.69, 9.17) is 16.3 Å². The molecule has 0 saturated heterocycles. The molecule has 0 aliphatic heterocycles. The molecule has 4 aromatic rings. The minimum absolute atomic E-state index is 0.00577.